The Morgan fingerprint density at radius 1 is 1.30 bits per heavy atom. The summed E-state index contributed by atoms with van der Waals surface area (Å²) in [5.74, 6) is 0.0297. The van der Waals surface area contributed by atoms with Gasteiger partial charge in [-0.2, -0.15) is 0 Å². The van der Waals surface area contributed by atoms with Crippen LogP contribution in [-0.2, 0) is 16.1 Å². The summed E-state index contributed by atoms with van der Waals surface area (Å²) in [6, 6.07) is 4.24. The van der Waals surface area contributed by atoms with Gasteiger partial charge >= 0.3 is 6.09 Å². The molecule has 0 radical (unpaired) electrons. The molecular formula is C17H28N2O3S. The summed E-state index contributed by atoms with van der Waals surface area (Å²) in [4.78, 5) is 28.2. The maximum atomic E-state index is 12.4. The molecule has 0 atom stereocenters. The van der Waals surface area contributed by atoms with Crippen LogP contribution in [0.25, 0.3) is 0 Å². The zero-order valence-corrected chi connectivity index (χ0v) is 15.8. The lowest BCUT2D eigenvalue weighted by molar-refractivity contribution is -0.133. The van der Waals surface area contributed by atoms with E-state index in [-0.39, 0.29) is 24.9 Å². The molecule has 1 heterocycles. The maximum Gasteiger partial charge on any atom is 0.407 e. The monoisotopic (exact) mass is 340 g/mol. The van der Waals surface area contributed by atoms with Crippen molar-refractivity contribution in [1.29, 1.82) is 0 Å². The van der Waals surface area contributed by atoms with Crippen molar-refractivity contribution in [2.45, 2.75) is 66.2 Å². The van der Waals surface area contributed by atoms with Crippen LogP contribution >= 0.6 is 11.3 Å². The number of alkyl carbamates (subject to hydrolysis) is 1. The molecule has 1 aromatic rings. The fourth-order valence-corrected chi connectivity index (χ4v) is 2.92. The third-order valence-corrected chi connectivity index (χ3v) is 4.06. The second kappa shape index (κ2) is 8.34. The predicted molar refractivity (Wildman–Crippen MR) is 93.6 cm³/mol. The van der Waals surface area contributed by atoms with Gasteiger partial charge < -0.3 is 15.0 Å². The predicted octanol–water partition coefficient (Wildman–Crippen LogP) is 3.71. The number of thiophene rings is 1. The SMILES string of the molecule is Cc1ccc(CN(C(=O)CCNC(=O)OC(C)(C)C)C(C)C)s1. The van der Waals surface area contributed by atoms with Crippen molar-refractivity contribution in [3.8, 4) is 0 Å². The van der Waals surface area contributed by atoms with Gasteiger partial charge in [0, 0.05) is 28.8 Å². The van der Waals surface area contributed by atoms with Gasteiger partial charge in [0.05, 0.1) is 6.54 Å². The van der Waals surface area contributed by atoms with E-state index in [0.29, 0.717) is 6.54 Å². The molecule has 0 aliphatic rings. The molecule has 5 nitrogen and oxygen atoms in total. The Bertz CT molecular complexity index is 532. The highest BCUT2D eigenvalue weighted by atomic mass is 32.1. The first kappa shape index (κ1) is 19.5. The number of rotatable bonds is 6. The summed E-state index contributed by atoms with van der Waals surface area (Å²) >= 11 is 1.70. The van der Waals surface area contributed by atoms with Gasteiger partial charge in [0.15, 0.2) is 0 Å². The third kappa shape index (κ3) is 7.50. The number of amides is 2. The first-order valence-corrected chi connectivity index (χ1v) is 8.72. The summed E-state index contributed by atoms with van der Waals surface area (Å²) in [7, 11) is 0. The molecule has 0 aliphatic carbocycles. The van der Waals surface area contributed by atoms with Crippen LogP contribution in [0.2, 0.25) is 0 Å². The molecule has 0 bridgehead atoms. The van der Waals surface area contributed by atoms with Gasteiger partial charge in [0.25, 0.3) is 0 Å². The van der Waals surface area contributed by atoms with Crippen LogP contribution in [0.5, 0.6) is 0 Å². The summed E-state index contributed by atoms with van der Waals surface area (Å²) < 4.78 is 5.15. The first-order chi connectivity index (χ1) is 10.6. The van der Waals surface area contributed by atoms with Crippen molar-refractivity contribution in [1.82, 2.24) is 10.2 Å². The van der Waals surface area contributed by atoms with E-state index in [1.807, 2.05) is 18.7 Å². The average molecular weight is 340 g/mol. The fraction of sp³-hybridized carbons (Fsp3) is 0.647. The number of ether oxygens (including phenoxy) is 1. The van der Waals surface area contributed by atoms with Crippen molar-refractivity contribution in [2.24, 2.45) is 0 Å². The molecule has 0 aromatic carbocycles. The minimum atomic E-state index is -0.533. The van der Waals surface area contributed by atoms with Gasteiger partial charge in [0.2, 0.25) is 5.91 Å². The third-order valence-electron chi connectivity index (χ3n) is 3.07. The Morgan fingerprint density at radius 3 is 2.43 bits per heavy atom. The summed E-state index contributed by atoms with van der Waals surface area (Å²) in [5.41, 5.74) is -0.533. The molecule has 130 valence electrons. The molecule has 2 amide bonds. The number of nitrogens with one attached hydrogen (secondary N) is 1. The Balaban J connectivity index is 2.47. The molecule has 23 heavy (non-hydrogen) atoms. The Labute approximate surface area is 143 Å². The van der Waals surface area contributed by atoms with Crippen molar-refractivity contribution >= 4 is 23.3 Å². The van der Waals surface area contributed by atoms with E-state index in [2.05, 4.69) is 24.4 Å². The highest BCUT2D eigenvalue weighted by Crippen LogP contribution is 2.18. The van der Waals surface area contributed by atoms with E-state index in [0.717, 1.165) is 0 Å². The van der Waals surface area contributed by atoms with Crippen molar-refractivity contribution < 1.29 is 14.3 Å². The van der Waals surface area contributed by atoms with Gasteiger partial charge in [-0.15, -0.1) is 11.3 Å². The van der Waals surface area contributed by atoms with Gasteiger partial charge in [-0.25, -0.2) is 4.79 Å². The highest BCUT2D eigenvalue weighted by Gasteiger charge is 2.19. The summed E-state index contributed by atoms with van der Waals surface area (Å²) in [6.45, 7) is 12.4. The van der Waals surface area contributed by atoms with E-state index in [4.69, 9.17) is 4.74 Å². The molecule has 0 aliphatic heterocycles. The zero-order valence-electron chi connectivity index (χ0n) is 14.9. The van der Waals surface area contributed by atoms with Gasteiger partial charge in [-0.3, -0.25) is 4.79 Å². The Hall–Kier alpha value is -1.56. The van der Waals surface area contributed by atoms with E-state index >= 15 is 0 Å². The van der Waals surface area contributed by atoms with Crippen LogP contribution in [0, 0.1) is 6.92 Å². The molecule has 0 unspecified atom stereocenters. The molecule has 0 saturated heterocycles. The van der Waals surface area contributed by atoms with Crippen LogP contribution in [0.3, 0.4) is 0 Å². The standard InChI is InChI=1S/C17H28N2O3S/c1-12(2)19(11-14-8-7-13(3)23-14)15(20)9-10-18-16(21)22-17(4,5)6/h7-8,12H,9-11H2,1-6H3,(H,18,21). The lowest BCUT2D eigenvalue weighted by atomic mass is 10.2. The largest absolute Gasteiger partial charge is 0.444 e. The number of carbonyl (C=O) groups is 2. The lowest BCUT2D eigenvalue weighted by Crippen LogP contribution is -2.39. The minimum Gasteiger partial charge on any atom is -0.444 e. The summed E-state index contributed by atoms with van der Waals surface area (Å²) in [6.07, 6.45) is -0.225. The van der Waals surface area contributed by atoms with Crippen LogP contribution in [0.1, 0.15) is 50.8 Å². The van der Waals surface area contributed by atoms with Crippen molar-refractivity contribution in [3.05, 3.63) is 21.9 Å². The smallest absolute Gasteiger partial charge is 0.407 e. The van der Waals surface area contributed by atoms with Crippen LogP contribution in [0.15, 0.2) is 12.1 Å². The summed E-state index contributed by atoms with van der Waals surface area (Å²) in [5, 5.41) is 2.63. The quantitative estimate of drug-likeness (QED) is 0.859. The van der Waals surface area contributed by atoms with E-state index in [1.54, 1.807) is 32.1 Å². The molecule has 1 N–H and O–H groups in total. The zero-order chi connectivity index (χ0) is 17.6. The van der Waals surface area contributed by atoms with E-state index in [9.17, 15) is 9.59 Å². The number of aryl methyl sites for hydroxylation is 1. The lowest BCUT2D eigenvalue weighted by Gasteiger charge is -2.26. The second-order valence-electron chi connectivity index (χ2n) is 6.81. The molecule has 0 spiro atoms. The van der Waals surface area contributed by atoms with Crippen LogP contribution in [-0.4, -0.2) is 35.1 Å². The van der Waals surface area contributed by atoms with Gasteiger partial charge in [0.1, 0.15) is 5.60 Å². The minimum absolute atomic E-state index is 0.0297. The van der Waals surface area contributed by atoms with Crippen LogP contribution < -0.4 is 5.32 Å². The van der Waals surface area contributed by atoms with Gasteiger partial charge in [-0.05, 0) is 53.7 Å². The maximum absolute atomic E-state index is 12.4. The number of nitrogens with zero attached hydrogens (tertiary/aromatic N) is 1. The first-order valence-electron chi connectivity index (χ1n) is 7.90. The number of carbonyl (C=O) groups excluding carboxylic acids is 2. The van der Waals surface area contributed by atoms with Crippen molar-refractivity contribution in [2.75, 3.05) is 6.54 Å². The molecule has 6 heteroatoms. The molecule has 1 rings (SSSR count). The van der Waals surface area contributed by atoms with E-state index < -0.39 is 11.7 Å². The highest BCUT2D eigenvalue weighted by molar-refractivity contribution is 7.11. The molecular weight excluding hydrogens is 312 g/mol. The average Bonchev–Trinajstić information content (AvgIpc) is 2.78. The Morgan fingerprint density at radius 2 is 1.96 bits per heavy atom. The van der Waals surface area contributed by atoms with Crippen LogP contribution in [0.4, 0.5) is 4.79 Å². The fourth-order valence-electron chi connectivity index (χ4n) is 2.03. The normalized spacial score (nSPS) is 11.4. The van der Waals surface area contributed by atoms with E-state index in [1.165, 1.54) is 9.75 Å². The number of hydrogen-bond donors (Lipinski definition) is 1. The Kier molecular flexibility index (Phi) is 7.06. The molecule has 1 aromatic heterocycles. The van der Waals surface area contributed by atoms with Crippen molar-refractivity contribution in [3.63, 3.8) is 0 Å². The number of hydrogen-bond acceptors (Lipinski definition) is 4. The second-order valence-corrected chi connectivity index (χ2v) is 8.18. The molecule has 0 fully saturated rings. The molecule has 0 saturated carbocycles. The van der Waals surface area contributed by atoms with Gasteiger partial charge in [-0.1, -0.05) is 0 Å². The topological polar surface area (TPSA) is 58.6 Å².